The quantitative estimate of drug-likeness (QED) is 0.559. The highest BCUT2D eigenvalue weighted by Crippen LogP contribution is 2.29. The molecule has 0 spiro atoms. The molecule has 2 heterocycles. The van der Waals surface area contributed by atoms with Gasteiger partial charge in [-0.2, -0.15) is 4.31 Å². The second-order valence-electron chi connectivity index (χ2n) is 6.63. The van der Waals surface area contributed by atoms with Gasteiger partial charge in [0, 0.05) is 19.6 Å². The first kappa shape index (κ1) is 23.0. The zero-order chi connectivity index (χ0) is 21.9. The highest BCUT2D eigenvalue weighted by molar-refractivity contribution is 7.89. The molecule has 2 atom stereocenters. The van der Waals surface area contributed by atoms with E-state index in [1.54, 1.807) is 0 Å². The van der Waals surface area contributed by atoms with E-state index in [1.165, 1.54) is 29.6 Å². The molecule has 0 aliphatic carbocycles. The van der Waals surface area contributed by atoms with Crippen molar-refractivity contribution in [1.82, 2.24) is 14.7 Å². The van der Waals surface area contributed by atoms with Crippen LogP contribution in [0.3, 0.4) is 0 Å². The largest absolute Gasteiger partial charge is 0.495 e. The third kappa shape index (κ3) is 4.98. The van der Waals surface area contributed by atoms with Crippen LogP contribution >= 0.6 is 23.2 Å². The van der Waals surface area contributed by atoms with Crippen LogP contribution in [0.2, 0.25) is 0 Å². The van der Waals surface area contributed by atoms with E-state index in [-0.39, 0.29) is 42.5 Å². The fourth-order valence-electron chi connectivity index (χ4n) is 3.03. The number of nitrogens with zero attached hydrogens (tertiary/aromatic N) is 2. The number of ether oxygens (including phenoxy) is 2. The average molecular weight is 481 g/mol. The van der Waals surface area contributed by atoms with Gasteiger partial charge in [-0.1, -0.05) is 0 Å². The Morgan fingerprint density at radius 2 is 2.03 bits per heavy atom. The van der Waals surface area contributed by atoms with Crippen LogP contribution in [-0.2, 0) is 24.3 Å². The number of anilines is 1. The van der Waals surface area contributed by atoms with Crippen molar-refractivity contribution in [2.24, 2.45) is 0 Å². The van der Waals surface area contributed by atoms with Gasteiger partial charge in [0.25, 0.3) is 5.91 Å². The fraction of sp³-hybridized carbons (Fsp3) is 0.529. The summed E-state index contributed by atoms with van der Waals surface area (Å²) in [6, 6.07) is 4.19. The Bertz CT molecular complexity index is 910. The molecule has 1 aromatic rings. The summed E-state index contributed by atoms with van der Waals surface area (Å²) in [7, 11) is -2.36. The summed E-state index contributed by atoms with van der Waals surface area (Å²) in [6.45, 7) is 1.03. The van der Waals surface area contributed by atoms with E-state index < -0.39 is 32.6 Å². The minimum atomic E-state index is -3.76. The first-order valence-corrected chi connectivity index (χ1v) is 11.4. The van der Waals surface area contributed by atoms with Gasteiger partial charge in [0.1, 0.15) is 17.7 Å². The van der Waals surface area contributed by atoms with Crippen LogP contribution in [0.1, 0.15) is 0 Å². The van der Waals surface area contributed by atoms with E-state index in [1.807, 2.05) is 0 Å². The number of rotatable bonds is 6. The van der Waals surface area contributed by atoms with Gasteiger partial charge in [-0.05, 0) is 18.2 Å². The molecular formula is C17H22Cl2N4O6S. The molecule has 0 aromatic heterocycles. The SMILES string of the molecule is COc1ccc(S(=O)(=O)N2CCOCC2)cc1NC(=O)CN1NCC(Cl)C(Cl)C1=O. The number of sulfonamides is 1. The van der Waals surface area contributed by atoms with Crippen LogP contribution in [-0.4, -0.2) is 86.8 Å². The first-order valence-electron chi connectivity index (χ1n) is 9.13. The van der Waals surface area contributed by atoms with Crippen molar-refractivity contribution >= 4 is 50.7 Å². The standard InChI is InChI=1S/C17H22Cl2N4O6S/c1-28-14-3-2-11(30(26,27)22-4-6-29-7-5-22)8-13(14)21-15(24)10-23-17(25)16(19)12(18)9-20-23/h2-3,8,12,16,20H,4-7,9-10H2,1H3,(H,21,24). The predicted molar refractivity (Wildman–Crippen MR) is 110 cm³/mol. The Kier molecular flexibility index (Phi) is 7.43. The van der Waals surface area contributed by atoms with Gasteiger partial charge in [-0.3, -0.25) is 14.6 Å². The van der Waals surface area contributed by atoms with E-state index in [0.29, 0.717) is 13.2 Å². The van der Waals surface area contributed by atoms with E-state index in [9.17, 15) is 18.0 Å². The molecule has 2 aliphatic rings. The summed E-state index contributed by atoms with van der Waals surface area (Å²) in [5.41, 5.74) is 2.90. The molecule has 2 unspecified atom stereocenters. The lowest BCUT2D eigenvalue weighted by Crippen LogP contribution is -2.58. The molecule has 0 bridgehead atoms. The number of nitrogens with one attached hydrogen (secondary N) is 2. The molecule has 3 rings (SSSR count). The number of hydrogen-bond donors (Lipinski definition) is 2. The predicted octanol–water partition coefficient (Wildman–Crippen LogP) is 0.216. The molecule has 2 amide bonds. The number of hydrazine groups is 1. The van der Waals surface area contributed by atoms with Gasteiger partial charge in [0.15, 0.2) is 0 Å². The summed E-state index contributed by atoms with van der Waals surface area (Å²) in [5.74, 6) is -0.807. The fourth-order valence-corrected chi connectivity index (χ4v) is 4.85. The van der Waals surface area contributed by atoms with E-state index in [0.717, 1.165) is 5.01 Å². The minimum Gasteiger partial charge on any atom is -0.495 e. The topological polar surface area (TPSA) is 117 Å². The molecule has 0 saturated carbocycles. The second-order valence-corrected chi connectivity index (χ2v) is 9.60. The minimum absolute atomic E-state index is 0.0125. The van der Waals surface area contributed by atoms with E-state index in [4.69, 9.17) is 32.7 Å². The number of amides is 2. The molecule has 166 valence electrons. The van der Waals surface area contributed by atoms with Crippen LogP contribution < -0.4 is 15.5 Å². The van der Waals surface area contributed by atoms with Crippen molar-refractivity contribution in [3.63, 3.8) is 0 Å². The van der Waals surface area contributed by atoms with Gasteiger partial charge in [0.05, 0.1) is 36.3 Å². The van der Waals surface area contributed by atoms with Crippen molar-refractivity contribution in [1.29, 1.82) is 0 Å². The van der Waals surface area contributed by atoms with Crippen LogP contribution in [0.5, 0.6) is 5.75 Å². The Labute approximate surface area is 184 Å². The summed E-state index contributed by atoms with van der Waals surface area (Å²) in [5, 5.41) is 2.14. The van der Waals surface area contributed by atoms with Crippen molar-refractivity contribution in [3.8, 4) is 5.75 Å². The number of morpholine rings is 1. The smallest absolute Gasteiger partial charge is 0.256 e. The highest BCUT2D eigenvalue weighted by atomic mass is 35.5. The lowest BCUT2D eigenvalue weighted by atomic mass is 10.2. The van der Waals surface area contributed by atoms with Gasteiger partial charge < -0.3 is 14.8 Å². The van der Waals surface area contributed by atoms with Crippen molar-refractivity contribution in [2.75, 3.05) is 51.8 Å². The van der Waals surface area contributed by atoms with Crippen LogP contribution in [0, 0.1) is 0 Å². The number of carbonyl (C=O) groups is 2. The summed E-state index contributed by atoms with van der Waals surface area (Å²) in [4.78, 5) is 24.7. The van der Waals surface area contributed by atoms with Gasteiger partial charge >= 0.3 is 0 Å². The Hall–Kier alpha value is -1.63. The molecule has 2 fully saturated rings. The van der Waals surface area contributed by atoms with Crippen molar-refractivity contribution in [2.45, 2.75) is 15.6 Å². The lowest BCUT2D eigenvalue weighted by molar-refractivity contribution is -0.139. The number of alkyl halides is 2. The Morgan fingerprint density at radius 3 is 2.70 bits per heavy atom. The van der Waals surface area contributed by atoms with E-state index in [2.05, 4.69) is 10.7 Å². The average Bonchev–Trinajstić information content (AvgIpc) is 2.74. The molecule has 2 N–H and O–H groups in total. The third-order valence-corrected chi connectivity index (χ3v) is 7.57. The maximum Gasteiger partial charge on any atom is 0.256 e. The monoisotopic (exact) mass is 480 g/mol. The second kappa shape index (κ2) is 9.67. The Morgan fingerprint density at radius 1 is 1.33 bits per heavy atom. The highest BCUT2D eigenvalue weighted by Gasteiger charge is 2.35. The maximum atomic E-state index is 12.9. The van der Waals surface area contributed by atoms with Crippen molar-refractivity contribution < 1.29 is 27.5 Å². The molecule has 30 heavy (non-hydrogen) atoms. The number of carbonyl (C=O) groups excluding carboxylic acids is 2. The lowest BCUT2D eigenvalue weighted by Gasteiger charge is -2.32. The molecule has 1 aromatic carbocycles. The molecule has 13 heteroatoms. The van der Waals surface area contributed by atoms with Crippen molar-refractivity contribution in [3.05, 3.63) is 18.2 Å². The number of halogens is 2. The van der Waals surface area contributed by atoms with E-state index >= 15 is 0 Å². The summed E-state index contributed by atoms with van der Waals surface area (Å²) < 4.78 is 37.5. The molecular weight excluding hydrogens is 459 g/mol. The maximum absolute atomic E-state index is 12.9. The number of benzene rings is 1. The molecule has 2 aliphatic heterocycles. The van der Waals surface area contributed by atoms with Gasteiger partial charge in [-0.25, -0.2) is 13.8 Å². The molecule has 10 nitrogen and oxygen atoms in total. The zero-order valence-electron chi connectivity index (χ0n) is 16.1. The molecule has 2 saturated heterocycles. The normalized spacial score (nSPS) is 23.3. The molecule has 0 radical (unpaired) electrons. The number of hydrogen-bond acceptors (Lipinski definition) is 7. The number of methoxy groups -OCH3 is 1. The first-order chi connectivity index (χ1) is 14.2. The van der Waals surface area contributed by atoms with Crippen LogP contribution in [0.25, 0.3) is 0 Å². The van der Waals surface area contributed by atoms with Gasteiger partial charge in [-0.15, -0.1) is 23.2 Å². The van der Waals surface area contributed by atoms with Gasteiger partial charge in [0.2, 0.25) is 15.9 Å². The third-order valence-electron chi connectivity index (χ3n) is 4.65. The van der Waals surface area contributed by atoms with Crippen LogP contribution in [0.15, 0.2) is 23.1 Å². The summed E-state index contributed by atoms with van der Waals surface area (Å²) >= 11 is 11.9. The summed E-state index contributed by atoms with van der Waals surface area (Å²) in [6.07, 6.45) is 0. The Balaban J connectivity index is 1.75. The van der Waals surface area contributed by atoms with Crippen LogP contribution in [0.4, 0.5) is 5.69 Å². The zero-order valence-corrected chi connectivity index (χ0v) is 18.5.